The lowest BCUT2D eigenvalue weighted by Gasteiger charge is -2.29. The molecule has 3 aromatic rings. The fourth-order valence-electron chi connectivity index (χ4n) is 4.09. The van der Waals surface area contributed by atoms with E-state index in [-0.39, 0.29) is 25.1 Å². The number of aromatic nitrogens is 4. The van der Waals surface area contributed by atoms with Gasteiger partial charge >= 0.3 is 0 Å². The van der Waals surface area contributed by atoms with Gasteiger partial charge in [-0.2, -0.15) is 5.26 Å². The topological polar surface area (TPSA) is 120 Å². The van der Waals surface area contributed by atoms with E-state index in [2.05, 4.69) is 26.3 Å². The lowest BCUT2D eigenvalue weighted by Crippen LogP contribution is -2.31. The summed E-state index contributed by atoms with van der Waals surface area (Å²) in [4.78, 5) is 24.8. The SMILES string of the molecule is N#CCC1CCC(n2c(C(=O)NCCO)nc3cnc4[nH]ccc4c32)CC1. The third kappa shape index (κ3) is 3.15. The minimum Gasteiger partial charge on any atom is -0.395 e. The molecule has 27 heavy (non-hydrogen) atoms. The number of imidazole rings is 1. The maximum atomic E-state index is 12.7. The van der Waals surface area contributed by atoms with Crippen molar-refractivity contribution in [3.63, 3.8) is 0 Å². The Balaban J connectivity index is 1.79. The largest absolute Gasteiger partial charge is 0.395 e. The first-order valence-electron chi connectivity index (χ1n) is 9.33. The van der Waals surface area contributed by atoms with E-state index in [4.69, 9.17) is 10.4 Å². The van der Waals surface area contributed by atoms with Gasteiger partial charge < -0.3 is 20.0 Å². The molecule has 1 amide bonds. The van der Waals surface area contributed by atoms with E-state index in [1.165, 1.54) is 0 Å². The van der Waals surface area contributed by atoms with E-state index in [0.29, 0.717) is 23.7 Å². The fraction of sp³-hybridized carbons (Fsp3) is 0.474. The molecular weight excluding hydrogens is 344 g/mol. The van der Waals surface area contributed by atoms with Crippen LogP contribution in [0.1, 0.15) is 48.8 Å². The van der Waals surface area contributed by atoms with Crippen molar-refractivity contribution in [1.29, 1.82) is 5.26 Å². The maximum absolute atomic E-state index is 12.7. The zero-order valence-electron chi connectivity index (χ0n) is 15.0. The second-order valence-corrected chi connectivity index (χ2v) is 7.05. The Morgan fingerprint density at radius 3 is 2.96 bits per heavy atom. The molecule has 0 radical (unpaired) electrons. The molecule has 1 aliphatic rings. The quantitative estimate of drug-likeness (QED) is 0.640. The molecule has 0 atom stereocenters. The van der Waals surface area contributed by atoms with Crippen molar-refractivity contribution in [3.8, 4) is 6.07 Å². The Kier molecular flexibility index (Phi) is 4.77. The van der Waals surface area contributed by atoms with Gasteiger partial charge in [-0.15, -0.1) is 0 Å². The van der Waals surface area contributed by atoms with Crippen LogP contribution in [0.15, 0.2) is 18.5 Å². The number of rotatable bonds is 5. The number of aliphatic hydroxyl groups excluding tert-OH is 1. The standard InChI is InChI=1S/C19H22N6O2/c20-7-5-12-1-3-13(4-2-12)25-16-14-6-8-21-17(14)23-11-15(16)24-18(25)19(27)22-9-10-26/h6,8,11-13,26H,1-5,9-10H2,(H,21,23)(H,22,27). The number of hydrogen-bond donors (Lipinski definition) is 3. The number of carbonyl (C=O) groups is 1. The van der Waals surface area contributed by atoms with Crippen molar-refractivity contribution in [1.82, 2.24) is 24.8 Å². The zero-order chi connectivity index (χ0) is 18.8. The number of aromatic amines is 1. The number of carbonyl (C=O) groups excluding carboxylic acids is 1. The summed E-state index contributed by atoms with van der Waals surface area (Å²) in [5.74, 6) is 0.502. The molecule has 0 aromatic carbocycles. The second kappa shape index (κ2) is 7.37. The highest BCUT2D eigenvalue weighted by Crippen LogP contribution is 2.37. The summed E-state index contributed by atoms with van der Waals surface area (Å²) in [7, 11) is 0. The molecule has 8 nitrogen and oxygen atoms in total. The van der Waals surface area contributed by atoms with Crippen molar-refractivity contribution in [2.75, 3.05) is 13.2 Å². The first-order chi connectivity index (χ1) is 13.2. The summed E-state index contributed by atoms with van der Waals surface area (Å²) in [5, 5.41) is 21.6. The molecule has 140 valence electrons. The van der Waals surface area contributed by atoms with Crippen molar-refractivity contribution < 1.29 is 9.90 Å². The molecule has 0 unspecified atom stereocenters. The van der Waals surface area contributed by atoms with E-state index in [0.717, 1.165) is 42.2 Å². The molecule has 0 bridgehead atoms. The lowest BCUT2D eigenvalue weighted by molar-refractivity contribution is 0.0926. The highest BCUT2D eigenvalue weighted by molar-refractivity contribution is 6.04. The smallest absolute Gasteiger partial charge is 0.287 e. The van der Waals surface area contributed by atoms with Crippen molar-refractivity contribution in [2.45, 2.75) is 38.1 Å². The minimum atomic E-state index is -0.289. The molecule has 1 saturated carbocycles. The number of H-pyrrole nitrogens is 1. The van der Waals surface area contributed by atoms with Crippen LogP contribution in [0, 0.1) is 17.2 Å². The van der Waals surface area contributed by atoms with E-state index >= 15 is 0 Å². The summed E-state index contributed by atoms with van der Waals surface area (Å²) in [6.45, 7) is 0.0730. The monoisotopic (exact) mass is 366 g/mol. The third-order valence-electron chi connectivity index (χ3n) is 5.40. The van der Waals surface area contributed by atoms with Crippen LogP contribution in [0.5, 0.6) is 0 Å². The number of fused-ring (bicyclic) bond motifs is 3. The molecule has 3 heterocycles. The molecule has 0 aliphatic heterocycles. The summed E-state index contributed by atoms with van der Waals surface area (Å²) in [6, 6.07) is 4.38. The summed E-state index contributed by atoms with van der Waals surface area (Å²) >= 11 is 0. The number of nitrogens with one attached hydrogen (secondary N) is 2. The second-order valence-electron chi connectivity index (χ2n) is 7.05. The van der Waals surface area contributed by atoms with Gasteiger partial charge in [-0.1, -0.05) is 0 Å². The minimum absolute atomic E-state index is 0.116. The van der Waals surface area contributed by atoms with E-state index in [1.807, 2.05) is 16.8 Å². The fourth-order valence-corrected chi connectivity index (χ4v) is 4.09. The Morgan fingerprint density at radius 1 is 1.41 bits per heavy atom. The molecule has 1 fully saturated rings. The number of amides is 1. The molecule has 0 saturated heterocycles. The lowest BCUT2D eigenvalue weighted by atomic mass is 9.84. The van der Waals surface area contributed by atoms with Gasteiger partial charge in [-0.3, -0.25) is 4.79 Å². The van der Waals surface area contributed by atoms with Crippen LogP contribution in [0.2, 0.25) is 0 Å². The Hall–Kier alpha value is -2.92. The summed E-state index contributed by atoms with van der Waals surface area (Å²) in [6.07, 6.45) is 7.87. The van der Waals surface area contributed by atoms with Gasteiger partial charge in [0, 0.05) is 30.6 Å². The number of pyridine rings is 1. The summed E-state index contributed by atoms with van der Waals surface area (Å²) < 4.78 is 2.04. The maximum Gasteiger partial charge on any atom is 0.287 e. The number of hydrogen-bond acceptors (Lipinski definition) is 5. The number of nitriles is 1. The normalized spacial score (nSPS) is 20.0. The molecule has 3 N–H and O–H groups in total. The van der Waals surface area contributed by atoms with Gasteiger partial charge in [0.1, 0.15) is 11.2 Å². The van der Waals surface area contributed by atoms with Gasteiger partial charge in [0.25, 0.3) is 5.91 Å². The average molecular weight is 366 g/mol. The third-order valence-corrected chi connectivity index (χ3v) is 5.40. The first kappa shape index (κ1) is 17.5. The Labute approximate surface area is 156 Å². The molecule has 1 aliphatic carbocycles. The Bertz CT molecular complexity index is 1010. The van der Waals surface area contributed by atoms with E-state index in [1.54, 1.807) is 6.20 Å². The highest BCUT2D eigenvalue weighted by atomic mass is 16.3. The molecular formula is C19H22N6O2. The Morgan fingerprint density at radius 2 is 2.22 bits per heavy atom. The summed E-state index contributed by atoms with van der Waals surface area (Å²) in [5.41, 5.74) is 2.37. The molecule has 0 spiro atoms. The van der Waals surface area contributed by atoms with Crippen LogP contribution in [-0.2, 0) is 0 Å². The molecule has 8 heteroatoms. The van der Waals surface area contributed by atoms with Gasteiger partial charge in [0.2, 0.25) is 0 Å². The van der Waals surface area contributed by atoms with Gasteiger partial charge in [-0.05, 0) is 37.7 Å². The van der Waals surface area contributed by atoms with Crippen LogP contribution in [0.3, 0.4) is 0 Å². The van der Waals surface area contributed by atoms with Crippen LogP contribution in [0.25, 0.3) is 22.1 Å². The van der Waals surface area contributed by atoms with Gasteiger partial charge in [-0.25, -0.2) is 9.97 Å². The highest BCUT2D eigenvalue weighted by Gasteiger charge is 2.29. The zero-order valence-corrected chi connectivity index (χ0v) is 15.0. The molecule has 3 aromatic heterocycles. The van der Waals surface area contributed by atoms with E-state index < -0.39 is 0 Å². The predicted octanol–water partition coefficient (Wildman–Crippen LogP) is 2.28. The number of nitrogens with zero attached hydrogens (tertiary/aromatic N) is 4. The van der Waals surface area contributed by atoms with Crippen molar-refractivity contribution >= 4 is 28.0 Å². The van der Waals surface area contributed by atoms with E-state index in [9.17, 15) is 4.79 Å². The van der Waals surface area contributed by atoms with Gasteiger partial charge in [0.05, 0.1) is 24.4 Å². The molecule has 4 rings (SSSR count). The van der Waals surface area contributed by atoms with Crippen LogP contribution in [0.4, 0.5) is 0 Å². The van der Waals surface area contributed by atoms with Crippen LogP contribution < -0.4 is 5.32 Å². The predicted molar refractivity (Wildman–Crippen MR) is 100 cm³/mol. The van der Waals surface area contributed by atoms with Gasteiger partial charge in [0.15, 0.2) is 5.82 Å². The average Bonchev–Trinajstić information content (AvgIpc) is 3.31. The van der Waals surface area contributed by atoms with Crippen molar-refractivity contribution in [2.24, 2.45) is 5.92 Å². The van der Waals surface area contributed by atoms with Crippen molar-refractivity contribution in [3.05, 3.63) is 24.3 Å². The number of aliphatic hydroxyl groups is 1. The van der Waals surface area contributed by atoms with Crippen LogP contribution in [-0.4, -0.2) is 43.7 Å². The van der Waals surface area contributed by atoms with Crippen LogP contribution >= 0.6 is 0 Å². The first-order valence-corrected chi connectivity index (χ1v) is 9.33.